The van der Waals surface area contributed by atoms with Crippen LogP contribution in [0.3, 0.4) is 0 Å². The van der Waals surface area contributed by atoms with Gasteiger partial charge in [-0.25, -0.2) is 4.39 Å². The number of aliphatic hydroxyl groups excluding tert-OH is 1. The summed E-state index contributed by atoms with van der Waals surface area (Å²) in [5.74, 6) is -0.284. The Morgan fingerprint density at radius 2 is 2.11 bits per heavy atom. The van der Waals surface area contributed by atoms with Crippen LogP contribution >= 0.6 is 0 Å². The zero-order chi connectivity index (χ0) is 14.4. The summed E-state index contributed by atoms with van der Waals surface area (Å²) in [4.78, 5) is 0. The van der Waals surface area contributed by atoms with Gasteiger partial charge in [-0.05, 0) is 26.7 Å². The van der Waals surface area contributed by atoms with Crippen LogP contribution in [0, 0.1) is 5.82 Å². The molecule has 0 bridgehead atoms. The molecule has 0 aliphatic rings. The van der Waals surface area contributed by atoms with E-state index >= 15 is 0 Å². The molecular formula is C14H23FN2O2. The van der Waals surface area contributed by atoms with Gasteiger partial charge in [0.15, 0.2) is 11.6 Å². The Kier molecular flexibility index (Phi) is 5.89. The van der Waals surface area contributed by atoms with Gasteiger partial charge in [0.2, 0.25) is 0 Å². The van der Waals surface area contributed by atoms with E-state index in [9.17, 15) is 9.50 Å². The highest BCUT2D eigenvalue weighted by Crippen LogP contribution is 2.28. The monoisotopic (exact) mass is 270 g/mol. The molecule has 108 valence electrons. The van der Waals surface area contributed by atoms with E-state index in [0.29, 0.717) is 30.8 Å². The third-order valence-corrected chi connectivity index (χ3v) is 2.73. The lowest BCUT2D eigenvalue weighted by Crippen LogP contribution is -2.14. The second-order valence-corrected chi connectivity index (χ2v) is 4.81. The van der Waals surface area contributed by atoms with Crippen molar-refractivity contribution >= 4 is 11.4 Å². The zero-order valence-electron chi connectivity index (χ0n) is 11.7. The Morgan fingerprint density at radius 3 is 2.68 bits per heavy atom. The number of halogens is 1. The Labute approximate surface area is 113 Å². The minimum Gasteiger partial charge on any atom is -0.488 e. The Balaban J connectivity index is 2.71. The minimum atomic E-state index is -0.467. The molecule has 0 saturated carbocycles. The predicted molar refractivity (Wildman–Crippen MR) is 76.0 cm³/mol. The molecule has 4 N–H and O–H groups in total. The van der Waals surface area contributed by atoms with Crippen LogP contribution in [0.15, 0.2) is 12.1 Å². The van der Waals surface area contributed by atoms with Crippen molar-refractivity contribution < 1.29 is 14.2 Å². The summed E-state index contributed by atoms with van der Waals surface area (Å²) in [5, 5.41) is 12.6. The van der Waals surface area contributed by atoms with E-state index in [2.05, 4.69) is 5.32 Å². The van der Waals surface area contributed by atoms with Gasteiger partial charge in [0.05, 0.1) is 23.6 Å². The summed E-state index contributed by atoms with van der Waals surface area (Å²) in [6, 6.07) is 2.80. The van der Waals surface area contributed by atoms with Crippen LogP contribution in [0.25, 0.3) is 0 Å². The molecule has 1 atom stereocenters. The van der Waals surface area contributed by atoms with Crippen molar-refractivity contribution in [2.24, 2.45) is 0 Å². The number of hydrogen-bond donors (Lipinski definition) is 3. The van der Waals surface area contributed by atoms with Gasteiger partial charge in [-0.3, -0.25) is 0 Å². The van der Waals surface area contributed by atoms with E-state index in [1.807, 2.05) is 20.8 Å². The number of rotatable bonds is 7. The van der Waals surface area contributed by atoms with Crippen molar-refractivity contribution in [2.45, 2.75) is 45.8 Å². The van der Waals surface area contributed by atoms with Gasteiger partial charge in [0.1, 0.15) is 0 Å². The van der Waals surface area contributed by atoms with E-state index < -0.39 is 5.82 Å². The molecule has 19 heavy (non-hydrogen) atoms. The highest BCUT2D eigenvalue weighted by Gasteiger charge is 2.10. The fourth-order valence-corrected chi connectivity index (χ4v) is 1.64. The molecule has 1 aromatic rings. The van der Waals surface area contributed by atoms with Crippen LogP contribution in [-0.2, 0) is 0 Å². The van der Waals surface area contributed by atoms with E-state index in [-0.39, 0.29) is 18.0 Å². The maximum Gasteiger partial charge on any atom is 0.167 e. The van der Waals surface area contributed by atoms with Crippen LogP contribution in [0.1, 0.15) is 33.6 Å². The van der Waals surface area contributed by atoms with E-state index in [1.165, 1.54) is 6.07 Å². The van der Waals surface area contributed by atoms with Crippen molar-refractivity contribution in [3.63, 3.8) is 0 Å². The number of aliphatic hydroxyl groups is 1. The molecule has 0 amide bonds. The molecule has 0 spiro atoms. The second-order valence-electron chi connectivity index (χ2n) is 4.81. The Hall–Kier alpha value is -1.49. The van der Waals surface area contributed by atoms with Crippen molar-refractivity contribution in [2.75, 3.05) is 17.6 Å². The van der Waals surface area contributed by atoms with E-state index in [4.69, 9.17) is 10.5 Å². The number of anilines is 2. The summed E-state index contributed by atoms with van der Waals surface area (Å²) < 4.78 is 19.0. The molecule has 1 rings (SSSR count). The van der Waals surface area contributed by atoms with Crippen molar-refractivity contribution in [3.05, 3.63) is 17.9 Å². The fraction of sp³-hybridized carbons (Fsp3) is 0.571. The first-order chi connectivity index (χ1) is 8.93. The molecule has 5 heteroatoms. The summed E-state index contributed by atoms with van der Waals surface area (Å²) in [7, 11) is 0. The van der Waals surface area contributed by atoms with Gasteiger partial charge in [-0.15, -0.1) is 0 Å². The molecule has 0 aromatic heterocycles. The van der Waals surface area contributed by atoms with Gasteiger partial charge < -0.3 is 20.9 Å². The lowest BCUT2D eigenvalue weighted by atomic mass is 10.2. The van der Waals surface area contributed by atoms with E-state index in [0.717, 1.165) is 0 Å². The molecule has 0 heterocycles. The maximum absolute atomic E-state index is 13.6. The van der Waals surface area contributed by atoms with Crippen LogP contribution in [0.4, 0.5) is 15.8 Å². The number of benzene rings is 1. The minimum absolute atomic E-state index is 0.104. The molecule has 0 aliphatic heterocycles. The third-order valence-electron chi connectivity index (χ3n) is 2.73. The van der Waals surface area contributed by atoms with Crippen LogP contribution < -0.4 is 15.8 Å². The van der Waals surface area contributed by atoms with Crippen molar-refractivity contribution in [1.29, 1.82) is 0 Å². The van der Waals surface area contributed by atoms with Gasteiger partial charge in [0, 0.05) is 18.7 Å². The predicted octanol–water partition coefficient (Wildman–Crippen LogP) is 2.77. The topological polar surface area (TPSA) is 67.5 Å². The summed E-state index contributed by atoms with van der Waals surface area (Å²) in [6.45, 7) is 6.17. The number of nitrogens with two attached hydrogens (primary N) is 1. The normalized spacial score (nSPS) is 12.5. The van der Waals surface area contributed by atoms with Gasteiger partial charge in [-0.2, -0.15) is 0 Å². The Bertz CT molecular complexity index is 411. The first kappa shape index (κ1) is 15.6. The van der Waals surface area contributed by atoms with Gasteiger partial charge >= 0.3 is 0 Å². The van der Waals surface area contributed by atoms with Gasteiger partial charge in [0.25, 0.3) is 0 Å². The first-order valence-corrected chi connectivity index (χ1v) is 6.61. The molecule has 0 radical (unpaired) electrons. The summed E-state index contributed by atoms with van der Waals surface area (Å²) >= 11 is 0. The first-order valence-electron chi connectivity index (χ1n) is 6.61. The number of hydrogen-bond acceptors (Lipinski definition) is 4. The fourth-order valence-electron chi connectivity index (χ4n) is 1.64. The highest BCUT2D eigenvalue weighted by molar-refractivity contribution is 5.68. The number of ether oxygens (including phenoxy) is 1. The number of nitrogens with one attached hydrogen (secondary N) is 1. The van der Waals surface area contributed by atoms with Crippen LogP contribution in [-0.4, -0.2) is 23.9 Å². The molecule has 1 unspecified atom stereocenters. The molecule has 0 aliphatic carbocycles. The summed E-state index contributed by atoms with van der Waals surface area (Å²) in [5.41, 5.74) is 6.71. The average Bonchev–Trinajstić information content (AvgIpc) is 2.33. The van der Waals surface area contributed by atoms with E-state index in [1.54, 1.807) is 6.07 Å². The molecular weight excluding hydrogens is 247 g/mol. The molecule has 1 aromatic carbocycles. The summed E-state index contributed by atoms with van der Waals surface area (Å²) in [6.07, 6.45) is 0.893. The van der Waals surface area contributed by atoms with Crippen molar-refractivity contribution in [1.82, 2.24) is 0 Å². The average molecular weight is 270 g/mol. The molecule has 4 nitrogen and oxygen atoms in total. The largest absolute Gasteiger partial charge is 0.488 e. The Morgan fingerprint density at radius 1 is 1.42 bits per heavy atom. The lowest BCUT2D eigenvalue weighted by molar-refractivity contribution is 0.164. The number of nitrogen functional groups attached to an aromatic ring is 1. The van der Waals surface area contributed by atoms with Gasteiger partial charge in [-0.1, -0.05) is 6.92 Å². The maximum atomic E-state index is 13.6. The second kappa shape index (κ2) is 7.19. The third kappa shape index (κ3) is 4.95. The zero-order valence-corrected chi connectivity index (χ0v) is 11.7. The standard InChI is InChI=1S/C14H23FN2O2/c1-4-10(18)5-6-17-13-8-14(19-9(2)3)11(15)7-12(13)16/h7-10,17-18H,4-6,16H2,1-3H3. The highest BCUT2D eigenvalue weighted by atomic mass is 19.1. The van der Waals surface area contributed by atoms with Crippen LogP contribution in [0.2, 0.25) is 0 Å². The SMILES string of the molecule is CCC(O)CCNc1cc(OC(C)C)c(F)cc1N. The quantitative estimate of drug-likeness (QED) is 0.666. The van der Waals surface area contributed by atoms with Crippen molar-refractivity contribution in [3.8, 4) is 5.75 Å². The molecule has 0 saturated heterocycles. The molecule has 0 fully saturated rings. The van der Waals surface area contributed by atoms with Crippen LogP contribution in [0.5, 0.6) is 5.75 Å². The lowest BCUT2D eigenvalue weighted by Gasteiger charge is -2.15. The smallest absolute Gasteiger partial charge is 0.167 e.